The van der Waals surface area contributed by atoms with E-state index in [1.807, 2.05) is 0 Å². The molecule has 0 amide bonds. The van der Waals surface area contributed by atoms with E-state index in [4.69, 9.17) is 32.7 Å². The van der Waals surface area contributed by atoms with Crippen LogP contribution >= 0.6 is 57.1 Å². The molecule has 41 heavy (non-hydrogen) atoms. The zero-order valence-corrected chi connectivity index (χ0v) is 26.3. The van der Waals surface area contributed by atoms with Gasteiger partial charge in [-0.25, -0.2) is 14.2 Å². The minimum atomic E-state index is -0.836. The summed E-state index contributed by atoms with van der Waals surface area (Å²) in [4.78, 5) is 32.1. The van der Waals surface area contributed by atoms with Crippen molar-refractivity contribution in [2.75, 3.05) is 6.61 Å². The summed E-state index contributed by atoms with van der Waals surface area (Å²) >= 11 is 16.2. The monoisotopic (exact) mass is 722 g/mol. The molecular formula is C30H22Cl2FIN2O4S. The normalized spacial score (nSPS) is 15.0. The van der Waals surface area contributed by atoms with Crippen molar-refractivity contribution in [1.82, 2.24) is 4.57 Å². The fraction of sp³-hybridized carbons (Fsp3) is 0.167. The number of hydrogen-bond acceptors (Lipinski definition) is 6. The minimum Gasteiger partial charge on any atom is -0.487 e. The Balaban J connectivity index is 1.67. The van der Waals surface area contributed by atoms with Crippen molar-refractivity contribution in [3.8, 4) is 5.75 Å². The van der Waals surface area contributed by atoms with Crippen LogP contribution in [0.15, 0.2) is 81.7 Å². The Bertz CT molecular complexity index is 1890. The summed E-state index contributed by atoms with van der Waals surface area (Å²) in [6, 6.07) is 16.0. The highest BCUT2D eigenvalue weighted by Crippen LogP contribution is 2.35. The van der Waals surface area contributed by atoms with Crippen molar-refractivity contribution in [2.45, 2.75) is 26.5 Å². The average Bonchev–Trinajstić information content (AvgIpc) is 3.22. The molecule has 0 saturated heterocycles. The van der Waals surface area contributed by atoms with Crippen molar-refractivity contribution >= 4 is 69.2 Å². The van der Waals surface area contributed by atoms with Gasteiger partial charge in [0.05, 0.1) is 26.0 Å². The van der Waals surface area contributed by atoms with Crippen LogP contribution in [0.2, 0.25) is 10.0 Å². The molecule has 0 spiro atoms. The lowest BCUT2D eigenvalue weighted by Gasteiger charge is -2.25. The topological polar surface area (TPSA) is 69.9 Å². The fourth-order valence-corrected chi connectivity index (χ4v) is 7.02. The quantitative estimate of drug-likeness (QED) is 0.163. The third-order valence-corrected chi connectivity index (χ3v) is 8.72. The molecule has 0 saturated carbocycles. The summed E-state index contributed by atoms with van der Waals surface area (Å²) < 4.78 is 28.1. The first-order chi connectivity index (χ1) is 19.7. The number of aromatic nitrogens is 1. The van der Waals surface area contributed by atoms with Crippen LogP contribution in [0, 0.1) is 9.39 Å². The van der Waals surface area contributed by atoms with Gasteiger partial charge in [0.2, 0.25) is 0 Å². The number of nitrogens with zero attached hydrogens (tertiary/aromatic N) is 2. The molecule has 0 N–H and O–H groups in total. The molecule has 1 aliphatic heterocycles. The number of fused-ring (bicyclic) bond motifs is 1. The van der Waals surface area contributed by atoms with Crippen LogP contribution in [0.4, 0.5) is 4.39 Å². The highest BCUT2D eigenvalue weighted by molar-refractivity contribution is 14.1. The van der Waals surface area contributed by atoms with Gasteiger partial charge in [-0.15, -0.1) is 0 Å². The molecule has 4 aromatic rings. The van der Waals surface area contributed by atoms with Crippen LogP contribution in [0.5, 0.6) is 5.75 Å². The van der Waals surface area contributed by atoms with E-state index in [-0.39, 0.29) is 30.2 Å². The standard InChI is InChI=1S/C30H22Cl2FIN2O4S/c1-3-39-29(38)25-16(2)35-30-36(26(25)20-9-5-6-10-21(20)32)28(37)24(41-30)13-18-12-19(31)14-23(34)27(18)40-15-17-8-4-7-11-22(17)33/h4-14,26H,3,15H2,1-2H3/b24-13-/t26-/m1/s1. The lowest BCUT2D eigenvalue weighted by molar-refractivity contribution is -0.139. The number of halogens is 4. The van der Waals surface area contributed by atoms with Crippen LogP contribution in [0.1, 0.15) is 36.6 Å². The number of rotatable bonds is 7. The maximum absolute atomic E-state index is 14.3. The fourth-order valence-electron chi connectivity index (χ4n) is 4.53. The molecule has 2 heterocycles. The van der Waals surface area contributed by atoms with Gasteiger partial charge in [-0.1, -0.05) is 70.9 Å². The van der Waals surface area contributed by atoms with E-state index >= 15 is 0 Å². The Labute approximate surface area is 262 Å². The van der Waals surface area contributed by atoms with Crippen LogP contribution in [-0.2, 0) is 16.1 Å². The highest BCUT2D eigenvalue weighted by Gasteiger charge is 2.34. The number of esters is 1. The number of hydrogen-bond donors (Lipinski definition) is 0. The Hall–Kier alpha value is -2.99. The molecule has 5 rings (SSSR count). The maximum Gasteiger partial charge on any atom is 0.338 e. The van der Waals surface area contributed by atoms with Gasteiger partial charge in [0.25, 0.3) is 5.56 Å². The van der Waals surface area contributed by atoms with E-state index in [9.17, 15) is 14.0 Å². The van der Waals surface area contributed by atoms with Gasteiger partial charge in [0.1, 0.15) is 24.2 Å². The van der Waals surface area contributed by atoms with Gasteiger partial charge < -0.3 is 9.47 Å². The Morgan fingerprint density at radius 2 is 1.90 bits per heavy atom. The predicted molar refractivity (Wildman–Crippen MR) is 167 cm³/mol. The van der Waals surface area contributed by atoms with Crippen LogP contribution in [0.3, 0.4) is 0 Å². The number of carbonyl (C=O) groups is 1. The molecule has 0 fully saturated rings. The number of allylic oxidation sites excluding steroid dienone is 1. The minimum absolute atomic E-state index is 0.0129. The molecule has 0 bridgehead atoms. The van der Waals surface area contributed by atoms with Gasteiger partial charge in [-0.05, 0) is 72.3 Å². The highest BCUT2D eigenvalue weighted by atomic mass is 127. The van der Waals surface area contributed by atoms with Crippen LogP contribution in [0.25, 0.3) is 6.08 Å². The zero-order valence-electron chi connectivity index (χ0n) is 21.8. The number of carbonyl (C=O) groups excluding carboxylic acids is 1. The Morgan fingerprint density at radius 3 is 2.63 bits per heavy atom. The molecule has 0 unspecified atom stereocenters. The molecule has 0 radical (unpaired) electrons. The van der Waals surface area contributed by atoms with E-state index in [0.29, 0.717) is 51.1 Å². The molecule has 11 heteroatoms. The molecular weight excluding hydrogens is 701 g/mol. The second-order valence-corrected chi connectivity index (χ2v) is 12.0. The van der Waals surface area contributed by atoms with Crippen LogP contribution in [-0.4, -0.2) is 17.1 Å². The summed E-state index contributed by atoms with van der Waals surface area (Å²) in [7, 11) is 0. The summed E-state index contributed by atoms with van der Waals surface area (Å²) in [5.41, 5.74) is 1.82. The molecule has 3 aromatic carbocycles. The first-order valence-corrected chi connectivity index (χ1v) is 15.1. The number of benzene rings is 3. The summed E-state index contributed by atoms with van der Waals surface area (Å²) in [6.45, 7) is 3.58. The predicted octanol–water partition coefficient (Wildman–Crippen LogP) is 6.43. The van der Waals surface area contributed by atoms with Crippen molar-refractivity contribution in [2.24, 2.45) is 4.99 Å². The van der Waals surface area contributed by atoms with Crippen molar-refractivity contribution in [1.29, 1.82) is 0 Å². The molecule has 1 aromatic heterocycles. The molecule has 1 atom stereocenters. The van der Waals surface area contributed by atoms with E-state index < -0.39 is 12.0 Å². The van der Waals surface area contributed by atoms with Gasteiger partial charge in [0.15, 0.2) is 4.80 Å². The lowest BCUT2D eigenvalue weighted by atomic mass is 9.96. The molecule has 0 aliphatic carbocycles. The summed E-state index contributed by atoms with van der Waals surface area (Å²) in [5.74, 6) is -0.491. The second kappa shape index (κ2) is 12.5. The van der Waals surface area contributed by atoms with E-state index in [2.05, 4.69) is 27.6 Å². The summed E-state index contributed by atoms with van der Waals surface area (Å²) in [6.07, 6.45) is 1.67. The third-order valence-electron chi connectivity index (χ3n) is 6.37. The number of thiazole rings is 1. The van der Waals surface area contributed by atoms with E-state index in [1.165, 1.54) is 22.0 Å². The first-order valence-electron chi connectivity index (χ1n) is 12.5. The van der Waals surface area contributed by atoms with Gasteiger partial charge in [-0.2, -0.15) is 0 Å². The lowest BCUT2D eigenvalue weighted by Crippen LogP contribution is -2.40. The maximum atomic E-state index is 14.3. The van der Waals surface area contributed by atoms with Gasteiger partial charge >= 0.3 is 5.97 Å². The first kappa shape index (κ1) is 29.5. The second-order valence-electron chi connectivity index (χ2n) is 9.01. The third kappa shape index (κ3) is 5.99. The SMILES string of the molecule is CCOC(=O)C1=C(C)N=c2s/c(=C\c3cc(Cl)cc(I)c3OCc3ccccc3F)c(=O)n2[C@@H]1c1ccccc1Cl. The largest absolute Gasteiger partial charge is 0.487 e. The van der Waals surface area contributed by atoms with Gasteiger partial charge in [-0.3, -0.25) is 9.36 Å². The Morgan fingerprint density at radius 1 is 1.17 bits per heavy atom. The average molecular weight is 723 g/mol. The van der Waals surface area contributed by atoms with Crippen LogP contribution < -0.4 is 19.6 Å². The zero-order chi connectivity index (χ0) is 29.3. The van der Waals surface area contributed by atoms with E-state index in [1.54, 1.807) is 74.5 Å². The smallest absolute Gasteiger partial charge is 0.338 e. The molecule has 210 valence electrons. The molecule has 1 aliphatic rings. The Kier molecular flexibility index (Phi) is 8.98. The summed E-state index contributed by atoms with van der Waals surface area (Å²) in [5, 5.41) is 0.845. The van der Waals surface area contributed by atoms with Gasteiger partial charge in [0, 0.05) is 21.2 Å². The molecule has 6 nitrogen and oxygen atoms in total. The van der Waals surface area contributed by atoms with Crippen molar-refractivity contribution < 1.29 is 18.7 Å². The van der Waals surface area contributed by atoms with Crippen molar-refractivity contribution in [3.05, 3.63) is 128 Å². The van der Waals surface area contributed by atoms with E-state index in [0.717, 1.165) is 0 Å². The number of ether oxygens (including phenoxy) is 2. The van der Waals surface area contributed by atoms with Crippen molar-refractivity contribution in [3.63, 3.8) is 0 Å².